The monoisotopic (exact) mass is 230 g/mol. The van der Waals surface area contributed by atoms with Crippen molar-refractivity contribution in [3.8, 4) is 27.6 Å². The molecule has 0 radical (unpaired) electrons. The van der Waals surface area contributed by atoms with Crippen molar-refractivity contribution < 1.29 is 4.74 Å². The van der Waals surface area contributed by atoms with Crippen molar-refractivity contribution in [2.24, 2.45) is 0 Å². The van der Waals surface area contributed by atoms with Gasteiger partial charge in [0.2, 0.25) is 0 Å². The minimum Gasteiger partial charge on any atom is -0.456 e. The first-order chi connectivity index (χ1) is 7.90. The summed E-state index contributed by atoms with van der Waals surface area (Å²) in [5.41, 5.74) is 1.05. The zero-order chi connectivity index (χ0) is 11.2. The van der Waals surface area contributed by atoms with E-state index in [2.05, 4.69) is 22.0 Å². The van der Waals surface area contributed by atoms with Crippen LogP contribution in [0.3, 0.4) is 0 Å². The molecule has 0 saturated heterocycles. The number of hydrogen-bond donors (Lipinski definition) is 0. The van der Waals surface area contributed by atoms with E-state index in [1.807, 2.05) is 30.3 Å². The van der Waals surface area contributed by atoms with E-state index < -0.39 is 0 Å². The lowest BCUT2D eigenvalue weighted by molar-refractivity contribution is 0.364. The zero-order valence-corrected chi connectivity index (χ0v) is 9.62. The van der Waals surface area contributed by atoms with Crippen LogP contribution < -0.4 is 4.74 Å². The highest BCUT2D eigenvalue weighted by atomic mass is 32.1. The van der Waals surface area contributed by atoms with Crippen LogP contribution in [0.15, 0.2) is 30.3 Å². The molecule has 0 bridgehead atoms. The van der Waals surface area contributed by atoms with Crippen LogP contribution in [-0.4, -0.2) is 16.8 Å². The topological polar surface area (TPSA) is 35.0 Å². The van der Waals surface area contributed by atoms with Crippen LogP contribution in [0.25, 0.3) is 10.6 Å². The zero-order valence-electron chi connectivity index (χ0n) is 8.80. The number of ether oxygens (including phenoxy) is 1. The molecule has 0 aliphatic heterocycles. The summed E-state index contributed by atoms with van der Waals surface area (Å²) in [6.07, 6.45) is 0. The Morgan fingerprint density at radius 2 is 2.06 bits per heavy atom. The van der Waals surface area contributed by atoms with Gasteiger partial charge in [-0.3, -0.25) is 0 Å². The highest BCUT2D eigenvalue weighted by Gasteiger charge is 2.05. The Morgan fingerprint density at radius 3 is 2.81 bits per heavy atom. The minimum atomic E-state index is 0.361. The Balaban J connectivity index is 2.10. The van der Waals surface area contributed by atoms with Gasteiger partial charge in [0.1, 0.15) is 0 Å². The van der Waals surface area contributed by atoms with Gasteiger partial charge in [-0.1, -0.05) is 52.7 Å². The van der Waals surface area contributed by atoms with Gasteiger partial charge >= 0.3 is 0 Å². The van der Waals surface area contributed by atoms with E-state index in [0.29, 0.717) is 11.8 Å². The molecule has 2 rings (SSSR count). The van der Waals surface area contributed by atoms with E-state index in [1.165, 1.54) is 11.3 Å². The third-order valence-corrected chi connectivity index (χ3v) is 2.76. The van der Waals surface area contributed by atoms with Crippen LogP contribution in [-0.2, 0) is 0 Å². The van der Waals surface area contributed by atoms with Gasteiger partial charge in [0.25, 0.3) is 5.19 Å². The quantitative estimate of drug-likeness (QED) is 0.760. The summed E-state index contributed by atoms with van der Waals surface area (Å²) < 4.78 is 5.32. The summed E-state index contributed by atoms with van der Waals surface area (Å²) in [7, 11) is 0. The molecular weight excluding hydrogens is 220 g/mol. The molecule has 4 heteroatoms. The molecule has 0 atom stereocenters. The minimum absolute atomic E-state index is 0.361. The number of nitrogens with zero attached hydrogens (tertiary/aromatic N) is 2. The van der Waals surface area contributed by atoms with E-state index in [1.54, 1.807) is 6.92 Å². The van der Waals surface area contributed by atoms with E-state index in [4.69, 9.17) is 4.74 Å². The molecule has 0 saturated carbocycles. The number of hydrogen-bond acceptors (Lipinski definition) is 4. The summed E-state index contributed by atoms with van der Waals surface area (Å²) in [6, 6.07) is 9.91. The van der Waals surface area contributed by atoms with Crippen LogP contribution in [0.2, 0.25) is 0 Å². The van der Waals surface area contributed by atoms with Crippen molar-refractivity contribution in [3.63, 3.8) is 0 Å². The molecule has 0 aliphatic rings. The Hall–Kier alpha value is -1.86. The maximum absolute atomic E-state index is 5.32. The van der Waals surface area contributed by atoms with Crippen molar-refractivity contribution in [1.82, 2.24) is 10.2 Å². The van der Waals surface area contributed by atoms with Gasteiger partial charge in [-0.2, -0.15) is 0 Å². The van der Waals surface area contributed by atoms with Gasteiger partial charge in [0.15, 0.2) is 11.6 Å². The summed E-state index contributed by atoms with van der Waals surface area (Å²) >= 11 is 1.42. The summed E-state index contributed by atoms with van der Waals surface area (Å²) in [4.78, 5) is 0. The maximum atomic E-state index is 5.32. The van der Waals surface area contributed by atoms with E-state index in [-0.39, 0.29) is 0 Å². The Morgan fingerprint density at radius 1 is 1.25 bits per heavy atom. The largest absolute Gasteiger partial charge is 0.456 e. The second-order valence-electron chi connectivity index (χ2n) is 2.95. The van der Waals surface area contributed by atoms with Crippen molar-refractivity contribution in [2.75, 3.05) is 6.61 Å². The molecule has 2 aromatic rings. The smallest absolute Gasteiger partial charge is 0.295 e. The lowest BCUT2D eigenvalue weighted by Crippen LogP contribution is -1.92. The van der Waals surface area contributed by atoms with Crippen LogP contribution >= 0.6 is 11.3 Å². The van der Waals surface area contributed by atoms with Gasteiger partial charge in [-0.15, -0.1) is 11.0 Å². The van der Waals surface area contributed by atoms with E-state index in [9.17, 15) is 0 Å². The SMILES string of the molecule is CC#CCOc1nnc(-c2ccccc2)s1. The van der Waals surface area contributed by atoms with Gasteiger partial charge < -0.3 is 4.74 Å². The predicted molar refractivity (Wildman–Crippen MR) is 64.3 cm³/mol. The lowest BCUT2D eigenvalue weighted by atomic mass is 10.2. The van der Waals surface area contributed by atoms with Crippen LogP contribution in [0.1, 0.15) is 6.92 Å². The summed E-state index contributed by atoms with van der Waals surface area (Å²) in [5.74, 6) is 5.57. The number of rotatable bonds is 3. The molecule has 0 unspecified atom stereocenters. The second-order valence-corrected chi connectivity index (χ2v) is 3.89. The van der Waals surface area contributed by atoms with Crippen molar-refractivity contribution in [3.05, 3.63) is 30.3 Å². The lowest BCUT2D eigenvalue weighted by Gasteiger charge is -1.93. The molecule has 0 fully saturated rings. The Labute approximate surface area is 98.1 Å². The molecule has 1 aromatic carbocycles. The molecule has 0 spiro atoms. The van der Waals surface area contributed by atoms with Gasteiger partial charge in [0, 0.05) is 5.56 Å². The van der Waals surface area contributed by atoms with Crippen LogP contribution in [0.4, 0.5) is 0 Å². The highest BCUT2D eigenvalue weighted by molar-refractivity contribution is 7.16. The average molecular weight is 230 g/mol. The normalized spacial score (nSPS) is 9.31. The second kappa shape index (κ2) is 5.29. The molecule has 80 valence electrons. The van der Waals surface area contributed by atoms with Crippen LogP contribution in [0.5, 0.6) is 5.19 Å². The fourth-order valence-corrected chi connectivity index (χ4v) is 1.84. The van der Waals surface area contributed by atoms with Gasteiger partial charge in [-0.05, 0) is 6.92 Å². The van der Waals surface area contributed by atoms with Crippen LogP contribution in [0, 0.1) is 11.8 Å². The molecule has 0 aliphatic carbocycles. The molecule has 16 heavy (non-hydrogen) atoms. The third kappa shape index (κ3) is 2.59. The number of benzene rings is 1. The maximum Gasteiger partial charge on any atom is 0.295 e. The highest BCUT2D eigenvalue weighted by Crippen LogP contribution is 2.27. The summed E-state index contributed by atoms with van der Waals surface area (Å²) in [5, 5.41) is 9.42. The standard InChI is InChI=1S/C12H10N2OS/c1-2-3-9-15-12-14-13-11(16-12)10-7-5-4-6-8-10/h4-8H,9H2,1H3. The first kappa shape index (κ1) is 10.7. The predicted octanol–water partition coefficient (Wildman–Crippen LogP) is 2.61. The molecule has 0 amide bonds. The molecule has 1 heterocycles. The number of aromatic nitrogens is 2. The van der Waals surface area contributed by atoms with Gasteiger partial charge in [-0.25, -0.2) is 0 Å². The molecule has 0 N–H and O–H groups in total. The molecular formula is C12H10N2OS. The fourth-order valence-electron chi connectivity index (χ4n) is 1.14. The van der Waals surface area contributed by atoms with Gasteiger partial charge in [0.05, 0.1) is 0 Å². The van der Waals surface area contributed by atoms with Crippen molar-refractivity contribution in [2.45, 2.75) is 6.92 Å². The fraction of sp³-hybridized carbons (Fsp3) is 0.167. The average Bonchev–Trinajstić information content (AvgIpc) is 2.79. The first-order valence-electron chi connectivity index (χ1n) is 4.81. The molecule has 3 nitrogen and oxygen atoms in total. The van der Waals surface area contributed by atoms with Crippen molar-refractivity contribution in [1.29, 1.82) is 0 Å². The Bertz CT molecular complexity index is 511. The summed E-state index contributed by atoms with van der Waals surface area (Å²) in [6.45, 7) is 2.14. The first-order valence-corrected chi connectivity index (χ1v) is 5.63. The third-order valence-electron chi connectivity index (χ3n) is 1.87. The van der Waals surface area contributed by atoms with Crippen molar-refractivity contribution >= 4 is 11.3 Å². The van der Waals surface area contributed by atoms with E-state index in [0.717, 1.165) is 10.6 Å². The molecule has 1 aromatic heterocycles. The Kier molecular flexibility index (Phi) is 3.52. The van der Waals surface area contributed by atoms with E-state index >= 15 is 0 Å².